The molecule has 0 fully saturated rings. The van der Waals surface area contributed by atoms with Crippen LogP contribution in [0.4, 0.5) is 4.79 Å². The number of nitrogens with one attached hydrogen (secondary N) is 2. The summed E-state index contributed by atoms with van der Waals surface area (Å²) in [5, 5.41) is 6.68. The number of aliphatic imine (C=N–C) groups is 1. The van der Waals surface area contributed by atoms with Crippen LogP contribution in [-0.4, -0.2) is 28.0 Å². The molecule has 0 radical (unpaired) electrons. The molecule has 0 aromatic carbocycles. The molecule has 0 saturated heterocycles. The molecule has 1 aromatic rings. The first-order chi connectivity index (χ1) is 11.8. The summed E-state index contributed by atoms with van der Waals surface area (Å²) in [6.45, 7) is 0. The number of carbonyl (C=O) groups excluding carboxylic acids is 1. The molecule has 124 valence electrons. The number of amidine groups is 1. The Labute approximate surface area is 145 Å². The van der Waals surface area contributed by atoms with Gasteiger partial charge in [-0.1, -0.05) is 29.5 Å². The quantitative estimate of drug-likeness (QED) is 0.868. The molecular formula is C18H20N4OS. The van der Waals surface area contributed by atoms with Crippen LogP contribution >= 0.6 is 11.8 Å². The first-order valence-corrected chi connectivity index (χ1v) is 9.32. The van der Waals surface area contributed by atoms with Gasteiger partial charge in [-0.15, -0.1) is 0 Å². The molecule has 2 heterocycles. The lowest BCUT2D eigenvalue weighted by atomic mass is 10.0. The topological polar surface area (TPSA) is 66.4 Å². The number of carbonyl (C=O) groups is 1. The highest BCUT2D eigenvalue weighted by Gasteiger charge is 2.26. The van der Waals surface area contributed by atoms with Gasteiger partial charge in [0.2, 0.25) is 0 Å². The predicted octanol–water partition coefficient (Wildman–Crippen LogP) is 3.33. The average Bonchev–Trinajstić information content (AvgIpc) is 3.21. The number of rotatable bonds is 2. The minimum Gasteiger partial charge on any atom is -0.334 e. The third kappa shape index (κ3) is 3.38. The molecule has 2 aliphatic carbocycles. The van der Waals surface area contributed by atoms with Crippen LogP contribution in [0.25, 0.3) is 0 Å². The second-order valence-corrected chi connectivity index (χ2v) is 7.32. The summed E-state index contributed by atoms with van der Waals surface area (Å²) < 4.78 is 0. The summed E-state index contributed by atoms with van der Waals surface area (Å²) in [5.41, 5.74) is 4.05. The molecule has 0 saturated carbocycles. The van der Waals surface area contributed by atoms with Crippen LogP contribution < -0.4 is 10.6 Å². The van der Waals surface area contributed by atoms with Gasteiger partial charge in [0.1, 0.15) is 0 Å². The van der Waals surface area contributed by atoms with E-state index in [1.807, 2.05) is 12.1 Å². The lowest BCUT2D eigenvalue weighted by Crippen LogP contribution is -2.42. The zero-order chi connectivity index (χ0) is 16.4. The van der Waals surface area contributed by atoms with E-state index >= 15 is 0 Å². The van der Waals surface area contributed by atoms with E-state index in [9.17, 15) is 4.79 Å². The Balaban J connectivity index is 1.30. The number of amides is 2. The molecule has 6 heteroatoms. The van der Waals surface area contributed by atoms with E-state index < -0.39 is 0 Å². The number of hydrogen-bond donors (Lipinski definition) is 2. The molecule has 2 unspecified atom stereocenters. The zero-order valence-corrected chi connectivity index (χ0v) is 14.2. The molecule has 2 N–H and O–H groups in total. The van der Waals surface area contributed by atoms with Crippen LogP contribution in [0.5, 0.6) is 0 Å². The van der Waals surface area contributed by atoms with Gasteiger partial charge >= 0.3 is 6.03 Å². The van der Waals surface area contributed by atoms with E-state index in [2.05, 4.69) is 32.8 Å². The molecule has 2 atom stereocenters. The van der Waals surface area contributed by atoms with Gasteiger partial charge in [-0.25, -0.2) is 4.79 Å². The van der Waals surface area contributed by atoms with E-state index in [0.29, 0.717) is 5.17 Å². The second-order valence-electron chi connectivity index (χ2n) is 6.32. The van der Waals surface area contributed by atoms with Crippen molar-refractivity contribution < 1.29 is 4.79 Å². The number of hydrogen-bond acceptors (Lipinski definition) is 4. The van der Waals surface area contributed by atoms with Crippen LogP contribution in [0, 0.1) is 0 Å². The number of nitrogens with zero attached hydrogens (tertiary/aromatic N) is 2. The van der Waals surface area contributed by atoms with Gasteiger partial charge in [0.25, 0.3) is 0 Å². The molecular weight excluding hydrogens is 320 g/mol. The molecule has 1 aromatic heterocycles. The van der Waals surface area contributed by atoms with Gasteiger partial charge < -0.3 is 5.32 Å². The fourth-order valence-electron chi connectivity index (χ4n) is 3.46. The van der Waals surface area contributed by atoms with Crippen molar-refractivity contribution in [3.05, 3.63) is 53.4 Å². The Morgan fingerprint density at radius 1 is 1.25 bits per heavy atom. The maximum atomic E-state index is 12.2. The highest BCUT2D eigenvalue weighted by atomic mass is 32.2. The van der Waals surface area contributed by atoms with Crippen LogP contribution in [0.2, 0.25) is 0 Å². The Morgan fingerprint density at radius 3 is 2.96 bits per heavy atom. The van der Waals surface area contributed by atoms with E-state index in [1.165, 1.54) is 11.1 Å². The number of aromatic nitrogens is 1. The summed E-state index contributed by atoms with van der Waals surface area (Å²) in [7, 11) is 0. The van der Waals surface area contributed by atoms with E-state index in [1.54, 1.807) is 24.2 Å². The minimum atomic E-state index is -0.148. The Hall–Kier alpha value is -2.08. The van der Waals surface area contributed by atoms with Crippen molar-refractivity contribution in [2.24, 2.45) is 4.99 Å². The first-order valence-electron chi connectivity index (χ1n) is 8.33. The van der Waals surface area contributed by atoms with Crippen molar-refractivity contribution in [1.29, 1.82) is 0 Å². The molecule has 5 nitrogen and oxygen atoms in total. The largest absolute Gasteiger partial charge is 0.334 e. The molecule has 2 amide bonds. The average molecular weight is 340 g/mol. The fourth-order valence-corrected chi connectivity index (χ4v) is 4.41. The molecule has 0 bridgehead atoms. The van der Waals surface area contributed by atoms with Crippen molar-refractivity contribution in [2.45, 2.75) is 37.8 Å². The first kappa shape index (κ1) is 15.4. The van der Waals surface area contributed by atoms with Crippen LogP contribution in [0.15, 0.2) is 52.8 Å². The van der Waals surface area contributed by atoms with Crippen LogP contribution in [0.3, 0.4) is 0 Å². The fraction of sp³-hybridized carbons (Fsp3) is 0.389. The lowest BCUT2D eigenvalue weighted by molar-refractivity contribution is 0.242. The summed E-state index contributed by atoms with van der Waals surface area (Å²) in [6, 6.07) is 4.10. The zero-order valence-electron chi connectivity index (χ0n) is 13.4. The molecule has 24 heavy (non-hydrogen) atoms. The highest BCUT2D eigenvalue weighted by Crippen LogP contribution is 2.33. The molecule has 0 spiro atoms. The number of thioether (sulfide) groups is 1. The summed E-state index contributed by atoms with van der Waals surface area (Å²) in [5.74, 6) is 0.851. The Morgan fingerprint density at radius 2 is 2.12 bits per heavy atom. The maximum absolute atomic E-state index is 12.2. The Kier molecular flexibility index (Phi) is 4.38. The Bertz CT molecular complexity index is 726. The molecule has 1 aliphatic heterocycles. The third-order valence-electron chi connectivity index (χ3n) is 4.64. The van der Waals surface area contributed by atoms with Crippen LogP contribution in [-0.2, 0) is 0 Å². The number of pyridine rings is 1. The smallest absolute Gasteiger partial charge is 0.321 e. The molecule has 4 rings (SSSR count). The van der Waals surface area contributed by atoms with Gasteiger partial charge in [-0.05, 0) is 49.0 Å². The standard InChI is InChI=1S/C18H20N4OS/c23-17(20-15-9-13-3-1-2-4-14(13)10-15)22-18-21-16(11-24-18)12-5-7-19-8-6-12/h1,3,5-8,15-16H,2,4,9-11H2,(H2,20,21,22,23). The lowest BCUT2D eigenvalue weighted by Gasteiger charge is -2.13. The van der Waals surface area contributed by atoms with E-state index in [-0.39, 0.29) is 18.1 Å². The van der Waals surface area contributed by atoms with Gasteiger partial charge in [0, 0.05) is 24.2 Å². The van der Waals surface area contributed by atoms with Crippen molar-refractivity contribution in [1.82, 2.24) is 15.6 Å². The highest BCUT2D eigenvalue weighted by molar-refractivity contribution is 8.14. The minimum absolute atomic E-state index is 0.0962. The van der Waals surface area contributed by atoms with Crippen molar-refractivity contribution in [3.63, 3.8) is 0 Å². The second kappa shape index (κ2) is 6.81. The van der Waals surface area contributed by atoms with Crippen molar-refractivity contribution >= 4 is 23.0 Å². The normalized spacial score (nSPS) is 25.4. The maximum Gasteiger partial charge on any atom is 0.321 e. The monoisotopic (exact) mass is 340 g/mol. The predicted molar refractivity (Wildman–Crippen MR) is 97.0 cm³/mol. The van der Waals surface area contributed by atoms with Gasteiger partial charge in [0.15, 0.2) is 5.17 Å². The van der Waals surface area contributed by atoms with Crippen LogP contribution in [0.1, 0.15) is 37.3 Å². The number of urea groups is 1. The summed E-state index contributed by atoms with van der Waals surface area (Å²) in [6.07, 6.45) is 12.2. The van der Waals surface area contributed by atoms with E-state index in [0.717, 1.165) is 37.0 Å². The van der Waals surface area contributed by atoms with Crippen molar-refractivity contribution in [2.75, 3.05) is 5.75 Å². The van der Waals surface area contributed by atoms with Gasteiger partial charge in [-0.3, -0.25) is 15.3 Å². The summed E-state index contributed by atoms with van der Waals surface area (Å²) >= 11 is 1.59. The SMILES string of the molecule is O=C(NC1=NC(c2ccncc2)CS1)NC1CC2=C(CCC=C2)C1. The van der Waals surface area contributed by atoms with Gasteiger partial charge in [0.05, 0.1) is 6.04 Å². The summed E-state index contributed by atoms with van der Waals surface area (Å²) in [4.78, 5) is 20.9. The molecule has 3 aliphatic rings. The van der Waals surface area contributed by atoms with Crippen molar-refractivity contribution in [3.8, 4) is 0 Å². The van der Waals surface area contributed by atoms with Gasteiger partial charge in [-0.2, -0.15) is 0 Å². The van der Waals surface area contributed by atoms with E-state index in [4.69, 9.17) is 0 Å². The number of allylic oxidation sites excluding steroid dienone is 2. The third-order valence-corrected chi connectivity index (χ3v) is 5.61.